The average Bonchev–Trinajstić information content (AvgIpc) is 2.41. The van der Waals surface area contributed by atoms with E-state index in [1.54, 1.807) is 0 Å². The molecule has 19 heavy (non-hydrogen) atoms. The van der Waals surface area contributed by atoms with Crippen LogP contribution in [0.25, 0.3) is 0 Å². The molecule has 0 aromatic carbocycles. The minimum absolute atomic E-state index is 0. The van der Waals surface area contributed by atoms with Gasteiger partial charge in [0.15, 0.2) is 0 Å². The van der Waals surface area contributed by atoms with Gasteiger partial charge in [-0.05, 0) is 19.4 Å². The van der Waals surface area contributed by atoms with Crippen molar-refractivity contribution in [1.82, 2.24) is 15.5 Å². The van der Waals surface area contributed by atoms with E-state index >= 15 is 0 Å². The van der Waals surface area contributed by atoms with Crippen LogP contribution < -0.4 is 10.6 Å². The third kappa shape index (κ3) is 7.04. The van der Waals surface area contributed by atoms with Gasteiger partial charge in [-0.1, -0.05) is 0 Å². The first-order chi connectivity index (χ1) is 8.36. The van der Waals surface area contributed by atoms with Crippen LogP contribution in [-0.4, -0.2) is 61.6 Å². The molecule has 2 fully saturated rings. The molecule has 2 saturated heterocycles. The predicted octanol–water partition coefficient (Wildman–Crippen LogP) is 0.995. The molecule has 2 aliphatic heterocycles. The first-order valence-electron chi connectivity index (χ1n) is 6.65. The predicted molar refractivity (Wildman–Crippen MR) is 86.9 cm³/mol. The highest BCUT2D eigenvalue weighted by Crippen LogP contribution is 2.10. The molecule has 7 heteroatoms. The standard InChI is InChI=1S/C12H23N3OS.2ClH/c16-12(11-2-1-3-13-10-11)14-4-5-15-6-8-17-9-7-15;;/h11,13H,1-10H2,(H,14,16);2*1H. The van der Waals surface area contributed by atoms with Crippen molar-refractivity contribution in [2.24, 2.45) is 5.92 Å². The van der Waals surface area contributed by atoms with Crippen molar-refractivity contribution >= 4 is 42.5 Å². The Bertz CT molecular complexity index is 247. The SMILES string of the molecule is Cl.Cl.O=C(NCCN1CCSCC1)C1CCCNC1. The van der Waals surface area contributed by atoms with E-state index < -0.39 is 0 Å². The van der Waals surface area contributed by atoms with Gasteiger partial charge in [-0.2, -0.15) is 11.8 Å². The molecule has 114 valence electrons. The maximum Gasteiger partial charge on any atom is 0.224 e. The van der Waals surface area contributed by atoms with Crippen LogP contribution in [0.5, 0.6) is 0 Å². The summed E-state index contributed by atoms with van der Waals surface area (Å²) in [5, 5.41) is 6.35. The summed E-state index contributed by atoms with van der Waals surface area (Å²) < 4.78 is 0. The molecule has 2 rings (SSSR count). The van der Waals surface area contributed by atoms with Gasteiger partial charge in [-0.3, -0.25) is 9.69 Å². The van der Waals surface area contributed by atoms with Crippen molar-refractivity contribution < 1.29 is 4.79 Å². The topological polar surface area (TPSA) is 44.4 Å². The number of amides is 1. The normalized spacial score (nSPS) is 23.9. The lowest BCUT2D eigenvalue weighted by molar-refractivity contribution is -0.125. The molecule has 1 amide bonds. The molecule has 1 unspecified atom stereocenters. The van der Waals surface area contributed by atoms with E-state index in [0.717, 1.165) is 39.0 Å². The molecule has 2 aliphatic rings. The molecule has 0 saturated carbocycles. The Balaban J connectivity index is 0.00000162. The minimum Gasteiger partial charge on any atom is -0.355 e. The van der Waals surface area contributed by atoms with Crippen molar-refractivity contribution in [2.75, 3.05) is 50.8 Å². The minimum atomic E-state index is 0. The maximum atomic E-state index is 11.9. The third-order valence-corrected chi connectivity index (χ3v) is 4.44. The molecule has 0 aromatic heterocycles. The summed E-state index contributed by atoms with van der Waals surface area (Å²) in [6.45, 7) is 6.07. The largest absolute Gasteiger partial charge is 0.355 e. The van der Waals surface area contributed by atoms with Gasteiger partial charge in [0.1, 0.15) is 0 Å². The van der Waals surface area contributed by atoms with Crippen LogP contribution >= 0.6 is 36.6 Å². The first-order valence-corrected chi connectivity index (χ1v) is 7.80. The van der Waals surface area contributed by atoms with Gasteiger partial charge in [0.2, 0.25) is 5.91 Å². The van der Waals surface area contributed by atoms with Crippen LogP contribution in [0.2, 0.25) is 0 Å². The Hall–Kier alpha value is 0.320. The zero-order valence-electron chi connectivity index (χ0n) is 11.2. The van der Waals surface area contributed by atoms with Crippen molar-refractivity contribution in [3.05, 3.63) is 0 Å². The summed E-state index contributed by atoms with van der Waals surface area (Å²) in [5.41, 5.74) is 0. The Morgan fingerprint density at radius 2 is 2.05 bits per heavy atom. The van der Waals surface area contributed by atoms with Gasteiger partial charge in [0, 0.05) is 44.2 Å². The Morgan fingerprint density at radius 3 is 2.68 bits per heavy atom. The number of nitrogens with zero attached hydrogens (tertiary/aromatic N) is 1. The number of piperidine rings is 1. The van der Waals surface area contributed by atoms with Gasteiger partial charge in [-0.25, -0.2) is 0 Å². The number of nitrogens with one attached hydrogen (secondary N) is 2. The fourth-order valence-electron chi connectivity index (χ4n) is 2.38. The zero-order chi connectivity index (χ0) is 11.9. The van der Waals surface area contributed by atoms with Crippen LogP contribution in [0.1, 0.15) is 12.8 Å². The molecule has 0 bridgehead atoms. The first kappa shape index (κ1) is 19.3. The maximum absolute atomic E-state index is 11.9. The highest BCUT2D eigenvalue weighted by atomic mass is 35.5. The lowest BCUT2D eigenvalue weighted by atomic mass is 9.99. The Labute approximate surface area is 132 Å². The van der Waals surface area contributed by atoms with Crippen molar-refractivity contribution in [3.8, 4) is 0 Å². The summed E-state index contributed by atoms with van der Waals surface area (Å²) in [6.07, 6.45) is 2.17. The highest BCUT2D eigenvalue weighted by Gasteiger charge is 2.20. The summed E-state index contributed by atoms with van der Waals surface area (Å²) >= 11 is 2.02. The molecular formula is C12H25Cl2N3OS. The summed E-state index contributed by atoms with van der Waals surface area (Å²) in [4.78, 5) is 14.3. The summed E-state index contributed by atoms with van der Waals surface area (Å²) in [6, 6.07) is 0. The molecule has 2 heterocycles. The lowest BCUT2D eigenvalue weighted by Crippen LogP contribution is -2.44. The smallest absolute Gasteiger partial charge is 0.224 e. The number of carbonyl (C=O) groups is 1. The van der Waals surface area contributed by atoms with Gasteiger partial charge in [0.05, 0.1) is 5.92 Å². The average molecular weight is 330 g/mol. The second kappa shape index (κ2) is 11.0. The summed E-state index contributed by atoms with van der Waals surface area (Å²) in [7, 11) is 0. The fourth-order valence-corrected chi connectivity index (χ4v) is 3.36. The molecule has 0 aliphatic carbocycles. The third-order valence-electron chi connectivity index (χ3n) is 3.50. The zero-order valence-corrected chi connectivity index (χ0v) is 13.7. The van der Waals surface area contributed by atoms with Crippen molar-refractivity contribution in [1.29, 1.82) is 0 Å². The van der Waals surface area contributed by atoms with E-state index in [1.165, 1.54) is 24.6 Å². The van der Waals surface area contributed by atoms with E-state index in [2.05, 4.69) is 15.5 Å². The number of halogens is 2. The van der Waals surface area contributed by atoms with Crippen molar-refractivity contribution in [3.63, 3.8) is 0 Å². The van der Waals surface area contributed by atoms with E-state index in [-0.39, 0.29) is 36.6 Å². The number of hydrogen-bond acceptors (Lipinski definition) is 4. The van der Waals surface area contributed by atoms with Gasteiger partial charge >= 0.3 is 0 Å². The Kier molecular flexibility index (Phi) is 11.2. The Morgan fingerprint density at radius 1 is 1.32 bits per heavy atom. The molecule has 0 aromatic rings. The number of carbonyl (C=O) groups excluding carboxylic acids is 1. The number of rotatable bonds is 4. The van der Waals surface area contributed by atoms with Crippen LogP contribution in [0.4, 0.5) is 0 Å². The molecule has 4 nitrogen and oxygen atoms in total. The van der Waals surface area contributed by atoms with Crippen LogP contribution in [0.3, 0.4) is 0 Å². The molecular weight excluding hydrogens is 305 g/mol. The van der Waals surface area contributed by atoms with E-state index in [0.29, 0.717) is 0 Å². The second-order valence-corrected chi connectivity index (χ2v) is 6.01. The molecule has 0 radical (unpaired) electrons. The van der Waals surface area contributed by atoms with Crippen LogP contribution in [0.15, 0.2) is 0 Å². The fraction of sp³-hybridized carbons (Fsp3) is 0.917. The van der Waals surface area contributed by atoms with Crippen LogP contribution in [-0.2, 0) is 4.79 Å². The van der Waals surface area contributed by atoms with Crippen LogP contribution in [0, 0.1) is 5.92 Å². The molecule has 0 spiro atoms. The van der Waals surface area contributed by atoms with E-state index in [4.69, 9.17) is 0 Å². The molecule has 2 N–H and O–H groups in total. The summed E-state index contributed by atoms with van der Waals surface area (Å²) in [5.74, 6) is 2.91. The van der Waals surface area contributed by atoms with Crippen molar-refractivity contribution in [2.45, 2.75) is 12.8 Å². The highest BCUT2D eigenvalue weighted by molar-refractivity contribution is 7.99. The number of hydrogen-bond donors (Lipinski definition) is 2. The van der Waals surface area contributed by atoms with E-state index in [9.17, 15) is 4.79 Å². The van der Waals surface area contributed by atoms with Gasteiger partial charge < -0.3 is 10.6 Å². The quantitative estimate of drug-likeness (QED) is 0.807. The van der Waals surface area contributed by atoms with Gasteiger partial charge in [0.25, 0.3) is 0 Å². The molecule has 1 atom stereocenters. The number of thioether (sulfide) groups is 1. The van der Waals surface area contributed by atoms with E-state index in [1.807, 2.05) is 11.8 Å². The second-order valence-electron chi connectivity index (χ2n) is 4.79. The van der Waals surface area contributed by atoms with Gasteiger partial charge in [-0.15, -0.1) is 24.8 Å². The monoisotopic (exact) mass is 329 g/mol. The lowest BCUT2D eigenvalue weighted by Gasteiger charge is -2.27.